The molecule has 18 heavy (non-hydrogen) atoms. The molecule has 0 radical (unpaired) electrons. The maximum absolute atomic E-state index is 12.0. The summed E-state index contributed by atoms with van der Waals surface area (Å²) < 4.78 is 5.30. The van der Waals surface area contributed by atoms with Crippen LogP contribution in [0, 0.1) is 0 Å². The normalized spacial score (nSPS) is 22.8. The first kappa shape index (κ1) is 12.9. The van der Waals surface area contributed by atoms with E-state index in [0.717, 1.165) is 24.9 Å². The highest BCUT2D eigenvalue weighted by Crippen LogP contribution is 2.21. The van der Waals surface area contributed by atoms with Gasteiger partial charge < -0.3 is 15.4 Å². The second kappa shape index (κ2) is 5.87. The monoisotopic (exact) mass is 248 g/mol. The maximum Gasteiger partial charge on any atom is 0.251 e. The Balaban J connectivity index is 1.91. The Labute approximate surface area is 108 Å². The lowest BCUT2D eigenvalue weighted by atomic mass is 10.1. The Kier molecular flexibility index (Phi) is 4.20. The third-order valence-corrected chi connectivity index (χ3v) is 3.49. The van der Waals surface area contributed by atoms with Crippen molar-refractivity contribution in [2.24, 2.45) is 0 Å². The van der Waals surface area contributed by atoms with Gasteiger partial charge in [0.15, 0.2) is 0 Å². The van der Waals surface area contributed by atoms with Gasteiger partial charge in [-0.2, -0.15) is 0 Å². The van der Waals surface area contributed by atoms with E-state index >= 15 is 0 Å². The number of rotatable bonds is 4. The molecule has 1 saturated carbocycles. The molecule has 0 bridgehead atoms. The van der Waals surface area contributed by atoms with Gasteiger partial charge in [0.05, 0.1) is 6.10 Å². The van der Waals surface area contributed by atoms with Crippen LogP contribution in [0.3, 0.4) is 0 Å². The first-order chi connectivity index (χ1) is 8.72. The van der Waals surface area contributed by atoms with Crippen LogP contribution in [0.4, 0.5) is 5.69 Å². The minimum Gasteiger partial charge on any atom is -0.388 e. The molecule has 0 aromatic heterocycles. The van der Waals surface area contributed by atoms with Gasteiger partial charge >= 0.3 is 0 Å². The van der Waals surface area contributed by atoms with Crippen molar-refractivity contribution in [3.63, 3.8) is 0 Å². The van der Waals surface area contributed by atoms with Crippen LogP contribution in [0.25, 0.3) is 0 Å². The number of methoxy groups -OCH3 is 1. The minimum atomic E-state index is -0.000550. The zero-order chi connectivity index (χ0) is 13.0. The third kappa shape index (κ3) is 3.01. The lowest BCUT2D eigenvalue weighted by Gasteiger charge is -2.13. The zero-order valence-corrected chi connectivity index (χ0v) is 10.9. The summed E-state index contributed by atoms with van der Waals surface area (Å²) in [5.41, 5.74) is 1.71. The average molecular weight is 248 g/mol. The van der Waals surface area contributed by atoms with Crippen LogP contribution in [0.2, 0.25) is 0 Å². The second-order valence-electron chi connectivity index (χ2n) is 4.67. The van der Waals surface area contributed by atoms with Crippen LogP contribution < -0.4 is 10.6 Å². The van der Waals surface area contributed by atoms with Gasteiger partial charge in [-0.3, -0.25) is 4.79 Å². The molecule has 2 N–H and O–H groups in total. The SMILES string of the molecule is CNc1ccc(C(=O)NC2CCC(OC)C2)cc1. The van der Waals surface area contributed by atoms with Crippen molar-refractivity contribution in [2.45, 2.75) is 31.4 Å². The predicted octanol–water partition coefficient (Wildman–Crippen LogP) is 2.03. The smallest absolute Gasteiger partial charge is 0.251 e. The molecular formula is C14H20N2O2. The van der Waals surface area contributed by atoms with Crippen molar-refractivity contribution in [1.29, 1.82) is 0 Å². The highest BCUT2D eigenvalue weighted by molar-refractivity contribution is 5.94. The van der Waals surface area contributed by atoms with Crippen molar-refractivity contribution in [2.75, 3.05) is 19.5 Å². The fraction of sp³-hybridized carbons (Fsp3) is 0.500. The molecule has 1 fully saturated rings. The molecule has 1 aromatic rings. The maximum atomic E-state index is 12.0. The number of carbonyl (C=O) groups excluding carboxylic acids is 1. The van der Waals surface area contributed by atoms with Crippen molar-refractivity contribution in [1.82, 2.24) is 5.32 Å². The zero-order valence-electron chi connectivity index (χ0n) is 10.9. The standard InChI is InChI=1S/C14H20N2O2/c1-15-11-5-3-10(4-6-11)14(17)16-12-7-8-13(9-12)18-2/h3-6,12-13,15H,7-9H2,1-2H3,(H,16,17). The Hall–Kier alpha value is -1.55. The number of carbonyl (C=O) groups is 1. The van der Waals surface area contributed by atoms with E-state index in [-0.39, 0.29) is 11.9 Å². The van der Waals surface area contributed by atoms with Crippen LogP contribution in [0.15, 0.2) is 24.3 Å². The van der Waals surface area contributed by atoms with E-state index in [4.69, 9.17) is 4.74 Å². The molecule has 98 valence electrons. The van der Waals surface area contributed by atoms with Gasteiger partial charge in [0.2, 0.25) is 0 Å². The van der Waals surface area contributed by atoms with Gasteiger partial charge in [-0.1, -0.05) is 0 Å². The van der Waals surface area contributed by atoms with Crippen molar-refractivity contribution in [3.05, 3.63) is 29.8 Å². The van der Waals surface area contributed by atoms with Gasteiger partial charge in [0.25, 0.3) is 5.91 Å². The first-order valence-corrected chi connectivity index (χ1v) is 6.34. The van der Waals surface area contributed by atoms with E-state index in [1.54, 1.807) is 7.11 Å². The lowest BCUT2D eigenvalue weighted by Crippen LogP contribution is -2.33. The minimum absolute atomic E-state index is 0.000550. The fourth-order valence-electron chi connectivity index (χ4n) is 2.34. The van der Waals surface area contributed by atoms with E-state index < -0.39 is 0 Å². The van der Waals surface area contributed by atoms with Crippen LogP contribution in [-0.4, -0.2) is 32.2 Å². The summed E-state index contributed by atoms with van der Waals surface area (Å²) in [7, 11) is 3.59. The number of ether oxygens (including phenoxy) is 1. The highest BCUT2D eigenvalue weighted by atomic mass is 16.5. The summed E-state index contributed by atoms with van der Waals surface area (Å²) in [6, 6.07) is 7.73. The summed E-state index contributed by atoms with van der Waals surface area (Å²) in [6.07, 6.45) is 3.23. The van der Waals surface area contributed by atoms with Crippen LogP contribution in [-0.2, 0) is 4.74 Å². The fourth-order valence-corrected chi connectivity index (χ4v) is 2.34. The number of nitrogens with one attached hydrogen (secondary N) is 2. The molecule has 1 aliphatic rings. The number of hydrogen-bond donors (Lipinski definition) is 2. The number of amides is 1. The molecule has 2 rings (SSSR count). The second-order valence-corrected chi connectivity index (χ2v) is 4.67. The van der Waals surface area contributed by atoms with E-state index in [9.17, 15) is 4.79 Å². The average Bonchev–Trinajstić information content (AvgIpc) is 2.86. The number of hydrogen-bond acceptors (Lipinski definition) is 3. The molecule has 4 heteroatoms. The summed E-state index contributed by atoms with van der Waals surface area (Å²) in [5, 5.41) is 6.09. The van der Waals surface area contributed by atoms with Gasteiger partial charge in [-0.05, 0) is 43.5 Å². The predicted molar refractivity (Wildman–Crippen MR) is 71.9 cm³/mol. The van der Waals surface area contributed by atoms with Gasteiger partial charge in [-0.15, -0.1) is 0 Å². The quantitative estimate of drug-likeness (QED) is 0.857. The topological polar surface area (TPSA) is 50.4 Å². The highest BCUT2D eigenvalue weighted by Gasteiger charge is 2.25. The molecule has 0 heterocycles. The molecule has 1 amide bonds. The van der Waals surface area contributed by atoms with Crippen molar-refractivity contribution >= 4 is 11.6 Å². The summed E-state index contributed by atoms with van der Waals surface area (Å²) >= 11 is 0. The molecule has 2 atom stereocenters. The lowest BCUT2D eigenvalue weighted by molar-refractivity contribution is 0.0915. The molecule has 1 aromatic carbocycles. The van der Waals surface area contributed by atoms with Gasteiger partial charge in [-0.25, -0.2) is 0 Å². The molecule has 0 spiro atoms. The van der Waals surface area contributed by atoms with Crippen LogP contribution >= 0.6 is 0 Å². The summed E-state index contributed by atoms with van der Waals surface area (Å²) in [5.74, 6) is -0.000550. The molecule has 4 nitrogen and oxygen atoms in total. The number of anilines is 1. The van der Waals surface area contributed by atoms with Crippen LogP contribution in [0.1, 0.15) is 29.6 Å². The number of benzene rings is 1. The summed E-state index contributed by atoms with van der Waals surface area (Å²) in [6.45, 7) is 0. The Morgan fingerprint density at radius 2 is 2.00 bits per heavy atom. The molecular weight excluding hydrogens is 228 g/mol. The van der Waals surface area contributed by atoms with Crippen LogP contribution in [0.5, 0.6) is 0 Å². The molecule has 1 aliphatic carbocycles. The molecule has 0 saturated heterocycles. The van der Waals surface area contributed by atoms with Crippen molar-refractivity contribution in [3.8, 4) is 0 Å². The van der Waals surface area contributed by atoms with E-state index in [1.165, 1.54) is 0 Å². The van der Waals surface area contributed by atoms with E-state index in [1.807, 2.05) is 31.3 Å². The summed E-state index contributed by atoms with van der Waals surface area (Å²) in [4.78, 5) is 12.0. The Morgan fingerprint density at radius 3 is 2.56 bits per heavy atom. The largest absolute Gasteiger partial charge is 0.388 e. The van der Waals surface area contributed by atoms with Crippen molar-refractivity contribution < 1.29 is 9.53 Å². The Bertz CT molecular complexity index is 403. The van der Waals surface area contributed by atoms with Gasteiger partial charge in [0, 0.05) is 31.5 Å². The third-order valence-electron chi connectivity index (χ3n) is 3.49. The first-order valence-electron chi connectivity index (χ1n) is 6.34. The molecule has 0 aliphatic heterocycles. The van der Waals surface area contributed by atoms with E-state index in [2.05, 4.69) is 10.6 Å². The van der Waals surface area contributed by atoms with E-state index in [0.29, 0.717) is 11.7 Å². The molecule has 2 unspecified atom stereocenters. The Morgan fingerprint density at radius 1 is 1.28 bits per heavy atom. The van der Waals surface area contributed by atoms with Gasteiger partial charge in [0.1, 0.15) is 0 Å².